The quantitative estimate of drug-likeness (QED) is 0.532. The molecule has 0 saturated carbocycles. The molecule has 0 bridgehead atoms. The first-order chi connectivity index (χ1) is 11.4. The molecule has 0 fully saturated rings. The van der Waals surface area contributed by atoms with Gasteiger partial charge in [-0.15, -0.1) is 0 Å². The third kappa shape index (κ3) is 1.30. The average molecular weight is 294 g/mol. The van der Waals surface area contributed by atoms with Crippen LogP contribution in [0.5, 0.6) is 0 Å². The topological polar surface area (TPSA) is 0 Å². The summed E-state index contributed by atoms with van der Waals surface area (Å²) in [6.07, 6.45) is 30.5. The van der Waals surface area contributed by atoms with E-state index in [1.54, 1.807) is 22.3 Å². The van der Waals surface area contributed by atoms with Crippen LogP contribution in [0.25, 0.3) is 0 Å². The predicted molar refractivity (Wildman–Crippen MR) is 94.6 cm³/mol. The normalized spacial score (nSPS) is 37.6. The molecule has 0 radical (unpaired) electrons. The lowest BCUT2D eigenvalue weighted by Crippen LogP contribution is -2.46. The smallest absolute Gasteiger partial charge is 0.0280 e. The van der Waals surface area contributed by atoms with Gasteiger partial charge in [0.15, 0.2) is 0 Å². The standard InChI is InChI=1S/C23H18/c1-5-15-11-12-17-8-4-14-23-13-3-7-16-6-2-10-19(21(16)23)18(9-1)20(15)22(17)23/h1-7,10-14,21-22H,8-9H2. The van der Waals surface area contributed by atoms with Gasteiger partial charge in [-0.3, -0.25) is 0 Å². The van der Waals surface area contributed by atoms with Gasteiger partial charge >= 0.3 is 0 Å². The summed E-state index contributed by atoms with van der Waals surface area (Å²) in [5, 5.41) is 0. The van der Waals surface area contributed by atoms with Gasteiger partial charge in [0.1, 0.15) is 0 Å². The van der Waals surface area contributed by atoms with E-state index < -0.39 is 0 Å². The van der Waals surface area contributed by atoms with Gasteiger partial charge in [0.25, 0.3) is 0 Å². The number of hydrogen-bond donors (Lipinski definition) is 0. The molecule has 6 aliphatic rings. The predicted octanol–water partition coefficient (Wildman–Crippen LogP) is 5.29. The van der Waals surface area contributed by atoms with Crippen molar-refractivity contribution in [3.8, 4) is 0 Å². The fourth-order valence-corrected chi connectivity index (χ4v) is 5.62. The van der Waals surface area contributed by atoms with Crippen molar-refractivity contribution < 1.29 is 0 Å². The van der Waals surface area contributed by atoms with E-state index in [4.69, 9.17) is 0 Å². The summed E-state index contributed by atoms with van der Waals surface area (Å²) in [4.78, 5) is 0. The molecule has 110 valence electrons. The van der Waals surface area contributed by atoms with E-state index in [0.29, 0.717) is 11.8 Å². The Balaban J connectivity index is 1.76. The summed E-state index contributed by atoms with van der Waals surface area (Å²) >= 11 is 0. The van der Waals surface area contributed by atoms with Crippen molar-refractivity contribution in [3.05, 3.63) is 106 Å². The Morgan fingerprint density at radius 1 is 0.826 bits per heavy atom. The van der Waals surface area contributed by atoms with Gasteiger partial charge in [-0.2, -0.15) is 0 Å². The molecule has 3 atom stereocenters. The lowest BCUT2D eigenvalue weighted by Gasteiger charge is -2.55. The summed E-state index contributed by atoms with van der Waals surface area (Å²) in [5.41, 5.74) is 9.37. The highest BCUT2D eigenvalue weighted by Crippen LogP contribution is 2.64. The van der Waals surface area contributed by atoms with Crippen LogP contribution in [-0.4, -0.2) is 0 Å². The molecule has 0 saturated heterocycles. The Kier molecular flexibility index (Phi) is 2.08. The Bertz CT molecular complexity index is 917. The van der Waals surface area contributed by atoms with Crippen LogP contribution < -0.4 is 0 Å². The first kappa shape index (κ1) is 12.1. The summed E-state index contributed by atoms with van der Waals surface area (Å²) in [6.45, 7) is 0. The van der Waals surface area contributed by atoms with E-state index in [1.807, 2.05) is 0 Å². The molecule has 1 spiro atoms. The Morgan fingerprint density at radius 2 is 1.83 bits per heavy atom. The Morgan fingerprint density at radius 3 is 2.83 bits per heavy atom. The van der Waals surface area contributed by atoms with Crippen molar-refractivity contribution in [1.29, 1.82) is 0 Å². The van der Waals surface area contributed by atoms with Crippen molar-refractivity contribution in [3.63, 3.8) is 0 Å². The van der Waals surface area contributed by atoms with Crippen LogP contribution in [0.3, 0.4) is 0 Å². The van der Waals surface area contributed by atoms with Crippen LogP contribution in [0.1, 0.15) is 12.8 Å². The van der Waals surface area contributed by atoms with E-state index in [-0.39, 0.29) is 5.41 Å². The molecule has 0 aliphatic heterocycles. The van der Waals surface area contributed by atoms with Crippen LogP contribution in [0.15, 0.2) is 106 Å². The maximum absolute atomic E-state index is 2.52. The maximum Gasteiger partial charge on any atom is 0.0280 e. The molecule has 6 rings (SSSR count). The first-order valence-electron chi connectivity index (χ1n) is 8.65. The SMILES string of the molecule is C1=CC2=CC=CC34C=CCC5=CC=C6C=CCC(=C6C53)C(=C1)C24. The number of allylic oxidation sites excluding steroid dienone is 18. The molecule has 0 heteroatoms. The van der Waals surface area contributed by atoms with Crippen LogP contribution in [0.4, 0.5) is 0 Å². The second-order valence-corrected chi connectivity index (χ2v) is 7.34. The van der Waals surface area contributed by atoms with Crippen molar-refractivity contribution in [2.45, 2.75) is 12.8 Å². The molecule has 0 amide bonds. The zero-order valence-electron chi connectivity index (χ0n) is 13.0. The fraction of sp³-hybridized carbons (Fsp3) is 0.217. The van der Waals surface area contributed by atoms with E-state index in [9.17, 15) is 0 Å². The van der Waals surface area contributed by atoms with Crippen molar-refractivity contribution in [2.24, 2.45) is 17.3 Å². The van der Waals surface area contributed by atoms with E-state index in [2.05, 4.69) is 72.9 Å². The van der Waals surface area contributed by atoms with Crippen molar-refractivity contribution >= 4 is 0 Å². The van der Waals surface area contributed by atoms with Gasteiger partial charge in [-0.1, -0.05) is 78.5 Å². The minimum atomic E-state index is 0.105. The van der Waals surface area contributed by atoms with Crippen molar-refractivity contribution in [1.82, 2.24) is 0 Å². The van der Waals surface area contributed by atoms with Gasteiger partial charge in [0.05, 0.1) is 0 Å². The third-order valence-electron chi connectivity index (χ3n) is 6.38. The molecule has 0 heterocycles. The molecule has 0 aromatic carbocycles. The highest BCUT2D eigenvalue weighted by atomic mass is 14.6. The van der Waals surface area contributed by atoms with Gasteiger partial charge in [0.2, 0.25) is 0 Å². The Labute approximate surface area is 137 Å². The molecule has 0 N–H and O–H groups in total. The van der Waals surface area contributed by atoms with E-state index in [0.717, 1.165) is 12.8 Å². The zero-order chi connectivity index (χ0) is 15.0. The number of rotatable bonds is 0. The van der Waals surface area contributed by atoms with E-state index >= 15 is 0 Å². The lowest BCUT2D eigenvalue weighted by atomic mass is 9.47. The Hall–Kier alpha value is -2.34. The summed E-state index contributed by atoms with van der Waals surface area (Å²) in [7, 11) is 0. The molecular formula is C23H18. The lowest BCUT2D eigenvalue weighted by molar-refractivity contribution is 0.277. The molecule has 3 unspecified atom stereocenters. The molecule has 0 aromatic heterocycles. The second kappa shape index (κ2) is 3.94. The minimum absolute atomic E-state index is 0.105. The van der Waals surface area contributed by atoms with Crippen LogP contribution in [0.2, 0.25) is 0 Å². The molecule has 0 aromatic rings. The van der Waals surface area contributed by atoms with E-state index in [1.165, 1.54) is 11.1 Å². The molecule has 0 nitrogen and oxygen atoms in total. The largest absolute Gasteiger partial charge is 0.0835 e. The van der Waals surface area contributed by atoms with Crippen LogP contribution in [0, 0.1) is 17.3 Å². The molecule has 23 heavy (non-hydrogen) atoms. The van der Waals surface area contributed by atoms with Gasteiger partial charge in [-0.25, -0.2) is 0 Å². The molecule has 6 aliphatic carbocycles. The molecular weight excluding hydrogens is 276 g/mol. The average Bonchev–Trinajstić information content (AvgIpc) is 2.61. The third-order valence-corrected chi connectivity index (χ3v) is 6.38. The first-order valence-corrected chi connectivity index (χ1v) is 8.65. The maximum atomic E-state index is 2.52. The van der Waals surface area contributed by atoms with Gasteiger partial charge < -0.3 is 0 Å². The highest BCUT2D eigenvalue weighted by molar-refractivity contribution is 5.69. The number of hydrogen-bond acceptors (Lipinski definition) is 0. The monoisotopic (exact) mass is 294 g/mol. The van der Waals surface area contributed by atoms with Gasteiger partial charge in [0, 0.05) is 17.3 Å². The van der Waals surface area contributed by atoms with Gasteiger partial charge in [-0.05, 0) is 40.7 Å². The fourth-order valence-electron chi connectivity index (χ4n) is 5.62. The highest BCUT2D eigenvalue weighted by Gasteiger charge is 2.54. The second-order valence-electron chi connectivity index (χ2n) is 7.34. The zero-order valence-corrected chi connectivity index (χ0v) is 13.0. The van der Waals surface area contributed by atoms with Crippen LogP contribution in [-0.2, 0) is 0 Å². The summed E-state index contributed by atoms with van der Waals surface area (Å²) in [5.74, 6) is 1.02. The van der Waals surface area contributed by atoms with Crippen molar-refractivity contribution in [2.75, 3.05) is 0 Å². The summed E-state index contributed by atoms with van der Waals surface area (Å²) in [6, 6.07) is 0. The summed E-state index contributed by atoms with van der Waals surface area (Å²) < 4.78 is 0. The number of fused-ring (bicyclic) bond motifs is 1. The minimum Gasteiger partial charge on any atom is -0.0835 e. The van der Waals surface area contributed by atoms with Crippen LogP contribution >= 0.6 is 0 Å².